The molecule has 0 heterocycles. The predicted molar refractivity (Wildman–Crippen MR) is 62.9 cm³/mol. The molecule has 3 rings (SSSR count). The molecule has 1 atom stereocenters. The van der Waals surface area contributed by atoms with E-state index in [4.69, 9.17) is 17.3 Å². The van der Waals surface area contributed by atoms with E-state index in [0.29, 0.717) is 0 Å². The Bertz CT molecular complexity index is 534. The molecule has 0 radical (unpaired) electrons. The molecule has 1 aliphatic rings. The second-order valence-corrected chi connectivity index (χ2v) is 4.18. The van der Waals surface area contributed by atoms with Gasteiger partial charge in [0, 0.05) is 10.6 Å². The molecule has 0 amide bonds. The molecule has 2 aromatic rings. The molecule has 0 saturated heterocycles. The highest BCUT2D eigenvalue weighted by atomic mass is 35.5. The first-order chi connectivity index (χ1) is 7.29. The van der Waals surface area contributed by atoms with Gasteiger partial charge in [0.2, 0.25) is 0 Å². The van der Waals surface area contributed by atoms with Crippen LogP contribution in [0.5, 0.6) is 0 Å². The summed E-state index contributed by atoms with van der Waals surface area (Å²) in [5.41, 5.74) is 10.7. The number of rotatable bonds is 0. The van der Waals surface area contributed by atoms with E-state index >= 15 is 0 Å². The van der Waals surface area contributed by atoms with Crippen LogP contribution in [-0.4, -0.2) is 0 Å². The fraction of sp³-hybridized carbons (Fsp3) is 0.0769. The minimum absolute atomic E-state index is 0.0325. The van der Waals surface area contributed by atoms with Crippen molar-refractivity contribution in [3.63, 3.8) is 0 Å². The Morgan fingerprint density at radius 2 is 1.67 bits per heavy atom. The maximum absolute atomic E-state index is 6.21. The molecule has 1 aliphatic carbocycles. The molecule has 0 bridgehead atoms. The molecule has 1 unspecified atom stereocenters. The maximum Gasteiger partial charge on any atom is 0.0564 e. The van der Waals surface area contributed by atoms with Gasteiger partial charge >= 0.3 is 0 Å². The Kier molecular flexibility index (Phi) is 1.84. The fourth-order valence-corrected chi connectivity index (χ4v) is 2.53. The molecule has 15 heavy (non-hydrogen) atoms. The lowest BCUT2D eigenvalue weighted by Gasteiger charge is -2.05. The smallest absolute Gasteiger partial charge is 0.0564 e. The minimum atomic E-state index is -0.0325. The zero-order valence-corrected chi connectivity index (χ0v) is 8.83. The zero-order chi connectivity index (χ0) is 10.4. The molecule has 2 aromatic carbocycles. The monoisotopic (exact) mass is 215 g/mol. The number of hydrogen-bond acceptors (Lipinski definition) is 1. The summed E-state index contributed by atoms with van der Waals surface area (Å²) < 4.78 is 0. The third-order valence-electron chi connectivity index (χ3n) is 2.95. The normalized spacial score (nSPS) is 17.3. The zero-order valence-electron chi connectivity index (χ0n) is 8.07. The summed E-state index contributed by atoms with van der Waals surface area (Å²) >= 11 is 6.21. The summed E-state index contributed by atoms with van der Waals surface area (Å²) in [7, 11) is 0. The molecule has 2 heteroatoms. The summed E-state index contributed by atoms with van der Waals surface area (Å²) in [6, 6.07) is 14.1. The molecule has 0 aromatic heterocycles. The highest BCUT2D eigenvalue weighted by Gasteiger charge is 2.26. The van der Waals surface area contributed by atoms with Gasteiger partial charge in [-0.1, -0.05) is 48.0 Å². The highest BCUT2D eigenvalue weighted by molar-refractivity contribution is 6.33. The molecular formula is C13H10ClN. The lowest BCUT2D eigenvalue weighted by Crippen LogP contribution is -2.07. The van der Waals surface area contributed by atoms with Gasteiger partial charge < -0.3 is 5.73 Å². The van der Waals surface area contributed by atoms with E-state index in [1.807, 2.05) is 30.3 Å². The van der Waals surface area contributed by atoms with Crippen LogP contribution in [-0.2, 0) is 0 Å². The highest BCUT2D eigenvalue weighted by Crippen LogP contribution is 2.45. The Morgan fingerprint density at radius 3 is 2.53 bits per heavy atom. The number of fused-ring (bicyclic) bond motifs is 3. The van der Waals surface area contributed by atoms with Crippen molar-refractivity contribution in [1.29, 1.82) is 0 Å². The first-order valence-corrected chi connectivity index (χ1v) is 5.30. The minimum Gasteiger partial charge on any atom is -0.320 e. The maximum atomic E-state index is 6.21. The van der Waals surface area contributed by atoms with E-state index in [1.54, 1.807) is 0 Å². The van der Waals surface area contributed by atoms with Gasteiger partial charge in [0.1, 0.15) is 0 Å². The predicted octanol–water partition coefficient (Wildman–Crippen LogP) is 3.37. The second-order valence-electron chi connectivity index (χ2n) is 3.77. The number of nitrogens with two attached hydrogens (primary N) is 1. The Morgan fingerprint density at radius 1 is 0.933 bits per heavy atom. The summed E-state index contributed by atoms with van der Waals surface area (Å²) in [4.78, 5) is 0. The van der Waals surface area contributed by atoms with Gasteiger partial charge in [-0.3, -0.25) is 0 Å². The van der Waals surface area contributed by atoms with E-state index in [9.17, 15) is 0 Å². The van der Waals surface area contributed by atoms with Crippen LogP contribution in [0.25, 0.3) is 11.1 Å². The Balaban J connectivity index is 2.39. The van der Waals surface area contributed by atoms with Crippen molar-refractivity contribution in [3.05, 3.63) is 58.6 Å². The van der Waals surface area contributed by atoms with Crippen LogP contribution in [0.3, 0.4) is 0 Å². The molecule has 0 aliphatic heterocycles. The van der Waals surface area contributed by atoms with E-state index < -0.39 is 0 Å². The second kappa shape index (κ2) is 3.09. The van der Waals surface area contributed by atoms with Crippen molar-refractivity contribution in [2.75, 3.05) is 0 Å². The van der Waals surface area contributed by atoms with Crippen molar-refractivity contribution >= 4 is 11.6 Å². The number of benzene rings is 2. The average molecular weight is 216 g/mol. The van der Waals surface area contributed by atoms with E-state index in [0.717, 1.165) is 16.1 Å². The molecule has 74 valence electrons. The van der Waals surface area contributed by atoms with Gasteiger partial charge in [-0.15, -0.1) is 0 Å². The topological polar surface area (TPSA) is 26.0 Å². The van der Waals surface area contributed by atoms with Crippen LogP contribution in [0.2, 0.25) is 5.02 Å². The van der Waals surface area contributed by atoms with Gasteiger partial charge in [0.15, 0.2) is 0 Å². The Labute approximate surface area is 93.5 Å². The number of halogens is 1. The summed E-state index contributed by atoms with van der Waals surface area (Å²) in [5.74, 6) is 0. The van der Waals surface area contributed by atoms with Crippen molar-refractivity contribution in [2.24, 2.45) is 5.73 Å². The van der Waals surface area contributed by atoms with Gasteiger partial charge in [-0.05, 0) is 22.8 Å². The number of hydrogen-bond donors (Lipinski definition) is 1. The Hall–Kier alpha value is -1.31. The van der Waals surface area contributed by atoms with Gasteiger partial charge in [-0.2, -0.15) is 0 Å². The van der Waals surface area contributed by atoms with Crippen LogP contribution in [0.15, 0.2) is 42.5 Å². The lowest BCUT2D eigenvalue weighted by molar-refractivity contribution is 0.901. The molecule has 0 fully saturated rings. The standard InChI is InChI=1S/C13H10ClN/c14-11-7-3-6-10-12(11)8-4-1-2-5-9(8)13(10)15/h1-7,13H,15H2. The summed E-state index contributed by atoms with van der Waals surface area (Å²) in [6.07, 6.45) is 0. The van der Waals surface area contributed by atoms with Crippen molar-refractivity contribution in [2.45, 2.75) is 6.04 Å². The van der Waals surface area contributed by atoms with E-state index in [1.165, 1.54) is 11.1 Å². The fourth-order valence-electron chi connectivity index (χ4n) is 2.25. The third-order valence-corrected chi connectivity index (χ3v) is 3.26. The van der Waals surface area contributed by atoms with Gasteiger partial charge in [0.25, 0.3) is 0 Å². The van der Waals surface area contributed by atoms with Crippen molar-refractivity contribution < 1.29 is 0 Å². The molecule has 0 spiro atoms. The average Bonchev–Trinajstić information content (AvgIpc) is 2.55. The van der Waals surface area contributed by atoms with Crippen molar-refractivity contribution in [1.82, 2.24) is 0 Å². The quantitative estimate of drug-likeness (QED) is 0.717. The first-order valence-electron chi connectivity index (χ1n) is 4.92. The largest absolute Gasteiger partial charge is 0.320 e. The summed E-state index contributed by atoms with van der Waals surface area (Å²) in [6.45, 7) is 0. The van der Waals surface area contributed by atoms with Gasteiger partial charge in [-0.25, -0.2) is 0 Å². The van der Waals surface area contributed by atoms with Crippen LogP contribution >= 0.6 is 11.6 Å². The van der Waals surface area contributed by atoms with E-state index in [2.05, 4.69) is 12.1 Å². The van der Waals surface area contributed by atoms with Gasteiger partial charge in [0.05, 0.1) is 6.04 Å². The van der Waals surface area contributed by atoms with Crippen molar-refractivity contribution in [3.8, 4) is 11.1 Å². The molecule has 0 saturated carbocycles. The van der Waals surface area contributed by atoms with Crippen LogP contribution < -0.4 is 5.73 Å². The summed E-state index contributed by atoms with van der Waals surface area (Å²) in [5, 5.41) is 0.785. The van der Waals surface area contributed by atoms with Crippen LogP contribution in [0, 0.1) is 0 Å². The molecule has 2 N–H and O–H groups in total. The first kappa shape index (κ1) is 8.96. The van der Waals surface area contributed by atoms with E-state index in [-0.39, 0.29) is 6.04 Å². The van der Waals surface area contributed by atoms with Crippen LogP contribution in [0.4, 0.5) is 0 Å². The van der Waals surface area contributed by atoms with Crippen LogP contribution in [0.1, 0.15) is 17.2 Å². The molecular weight excluding hydrogens is 206 g/mol. The lowest BCUT2D eigenvalue weighted by atomic mass is 10.1. The SMILES string of the molecule is NC1c2ccccc2-c2c(Cl)cccc21. The molecule has 1 nitrogen and oxygen atoms in total. The third kappa shape index (κ3) is 1.14.